The fraction of sp³-hybridized carbons (Fsp3) is 0.533. The van der Waals surface area contributed by atoms with Gasteiger partial charge in [0.2, 0.25) is 0 Å². The van der Waals surface area contributed by atoms with Crippen molar-refractivity contribution in [3.05, 3.63) is 30.0 Å². The lowest BCUT2D eigenvalue weighted by Gasteiger charge is -2.29. The molecule has 110 valence electrons. The third kappa shape index (κ3) is 2.70. The van der Waals surface area contributed by atoms with E-state index in [9.17, 15) is 10.2 Å². The average Bonchev–Trinajstić information content (AvgIpc) is 2.88. The number of hydrogen-bond donors (Lipinski definition) is 3. The van der Waals surface area contributed by atoms with Crippen LogP contribution in [-0.4, -0.2) is 38.7 Å². The van der Waals surface area contributed by atoms with Crippen molar-refractivity contribution in [1.29, 1.82) is 0 Å². The van der Waals surface area contributed by atoms with E-state index in [-0.39, 0.29) is 13.2 Å². The number of nitrogens with one attached hydrogen (secondary N) is 1. The van der Waals surface area contributed by atoms with Gasteiger partial charge in [0.05, 0.1) is 30.0 Å². The number of aromatic nitrogens is 2. The fourth-order valence-corrected chi connectivity index (χ4v) is 2.35. The first-order valence-electron chi connectivity index (χ1n) is 7.11. The molecular formula is C15H23N3O2. The maximum atomic E-state index is 9.47. The molecule has 1 aromatic carbocycles. The van der Waals surface area contributed by atoms with Gasteiger partial charge in [-0.15, -0.1) is 0 Å². The van der Waals surface area contributed by atoms with E-state index in [1.165, 1.54) is 0 Å². The molecule has 0 spiro atoms. The van der Waals surface area contributed by atoms with Gasteiger partial charge in [0.1, 0.15) is 0 Å². The minimum absolute atomic E-state index is 0.0909. The van der Waals surface area contributed by atoms with E-state index in [1.54, 1.807) is 0 Å². The molecular weight excluding hydrogens is 254 g/mol. The van der Waals surface area contributed by atoms with Gasteiger partial charge in [-0.1, -0.05) is 25.1 Å². The number of benzene rings is 1. The summed E-state index contributed by atoms with van der Waals surface area (Å²) < 4.78 is 1.97. The highest BCUT2D eigenvalue weighted by molar-refractivity contribution is 5.81. The SMILES string of the molecule is CCn1nc(CNC(CC)(CO)CO)c2ccccc21. The van der Waals surface area contributed by atoms with Crippen LogP contribution in [0, 0.1) is 0 Å². The first-order valence-corrected chi connectivity index (χ1v) is 7.11. The van der Waals surface area contributed by atoms with Gasteiger partial charge in [-0.25, -0.2) is 0 Å². The Bertz CT molecular complexity index is 553. The first-order chi connectivity index (χ1) is 9.69. The van der Waals surface area contributed by atoms with Crippen molar-refractivity contribution in [3.63, 3.8) is 0 Å². The van der Waals surface area contributed by atoms with Gasteiger partial charge in [-0.05, 0) is 19.4 Å². The van der Waals surface area contributed by atoms with E-state index in [1.807, 2.05) is 23.7 Å². The third-order valence-electron chi connectivity index (χ3n) is 3.95. The Labute approximate surface area is 119 Å². The lowest BCUT2D eigenvalue weighted by molar-refractivity contribution is 0.0861. The molecule has 1 heterocycles. The van der Waals surface area contributed by atoms with Crippen LogP contribution in [0.4, 0.5) is 0 Å². The molecule has 5 nitrogen and oxygen atoms in total. The molecule has 2 rings (SSSR count). The predicted octanol–water partition coefficient (Wildman–Crippen LogP) is 1.28. The van der Waals surface area contributed by atoms with Crippen LogP contribution < -0.4 is 5.32 Å². The number of aliphatic hydroxyl groups is 2. The fourth-order valence-electron chi connectivity index (χ4n) is 2.35. The van der Waals surface area contributed by atoms with Crippen molar-refractivity contribution in [3.8, 4) is 0 Å². The molecule has 0 saturated heterocycles. The Balaban J connectivity index is 2.26. The van der Waals surface area contributed by atoms with Crippen molar-refractivity contribution in [2.75, 3.05) is 13.2 Å². The molecule has 1 aromatic heterocycles. The van der Waals surface area contributed by atoms with E-state index in [0.29, 0.717) is 13.0 Å². The maximum Gasteiger partial charge on any atom is 0.0841 e. The van der Waals surface area contributed by atoms with Gasteiger partial charge in [0, 0.05) is 18.5 Å². The summed E-state index contributed by atoms with van der Waals surface area (Å²) in [4.78, 5) is 0. The zero-order valence-corrected chi connectivity index (χ0v) is 12.1. The molecule has 20 heavy (non-hydrogen) atoms. The molecule has 0 unspecified atom stereocenters. The van der Waals surface area contributed by atoms with E-state index < -0.39 is 5.54 Å². The molecule has 0 aliphatic rings. The zero-order valence-electron chi connectivity index (χ0n) is 12.1. The second kappa shape index (κ2) is 6.35. The summed E-state index contributed by atoms with van der Waals surface area (Å²) in [6, 6.07) is 8.11. The molecule has 0 aliphatic carbocycles. The minimum Gasteiger partial charge on any atom is -0.394 e. The van der Waals surface area contributed by atoms with Gasteiger partial charge in [0.25, 0.3) is 0 Å². The molecule has 0 radical (unpaired) electrons. The summed E-state index contributed by atoms with van der Waals surface area (Å²) in [5.41, 5.74) is 1.42. The third-order valence-corrected chi connectivity index (χ3v) is 3.95. The summed E-state index contributed by atoms with van der Waals surface area (Å²) in [5.74, 6) is 0. The summed E-state index contributed by atoms with van der Waals surface area (Å²) in [6.45, 7) is 5.18. The number of rotatable bonds is 7. The number of hydrogen-bond acceptors (Lipinski definition) is 4. The molecule has 2 aromatic rings. The summed E-state index contributed by atoms with van der Waals surface area (Å²) in [6.07, 6.45) is 0.659. The van der Waals surface area contributed by atoms with Crippen molar-refractivity contribution in [1.82, 2.24) is 15.1 Å². The Morgan fingerprint density at radius 3 is 2.50 bits per heavy atom. The number of nitrogens with zero attached hydrogens (tertiary/aromatic N) is 2. The van der Waals surface area contributed by atoms with Crippen LogP contribution in [-0.2, 0) is 13.1 Å². The molecule has 0 fully saturated rings. The molecule has 5 heteroatoms. The van der Waals surface area contributed by atoms with Crippen LogP contribution in [0.15, 0.2) is 24.3 Å². The topological polar surface area (TPSA) is 70.3 Å². The average molecular weight is 277 g/mol. The molecule has 0 saturated carbocycles. The highest BCUT2D eigenvalue weighted by Gasteiger charge is 2.26. The summed E-state index contributed by atoms with van der Waals surface area (Å²) in [7, 11) is 0. The van der Waals surface area contributed by atoms with Crippen LogP contribution in [0.2, 0.25) is 0 Å². The number of para-hydroxylation sites is 1. The Morgan fingerprint density at radius 2 is 1.90 bits per heavy atom. The van der Waals surface area contributed by atoms with Crippen LogP contribution in [0.5, 0.6) is 0 Å². The molecule has 0 atom stereocenters. The highest BCUT2D eigenvalue weighted by Crippen LogP contribution is 2.19. The Hall–Kier alpha value is -1.43. The van der Waals surface area contributed by atoms with Crippen molar-refractivity contribution in [2.45, 2.75) is 38.9 Å². The zero-order chi connectivity index (χ0) is 14.6. The largest absolute Gasteiger partial charge is 0.394 e. The second-order valence-electron chi connectivity index (χ2n) is 5.08. The number of aryl methyl sites for hydroxylation is 1. The lowest BCUT2D eigenvalue weighted by Crippen LogP contribution is -2.50. The smallest absolute Gasteiger partial charge is 0.0841 e. The molecule has 3 N–H and O–H groups in total. The summed E-state index contributed by atoms with van der Waals surface area (Å²) in [5, 5.41) is 27.9. The molecule has 0 bridgehead atoms. The van der Waals surface area contributed by atoms with Crippen LogP contribution in [0.25, 0.3) is 10.9 Å². The van der Waals surface area contributed by atoms with E-state index in [0.717, 1.165) is 23.1 Å². The van der Waals surface area contributed by atoms with Gasteiger partial charge in [-0.2, -0.15) is 5.10 Å². The monoisotopic (exact) mass is 277 g/mol. The predicted molar refractivity (Wildman–Crippen MR) is 79.4 cm³/mol. The van der Waals surface area contributed by atoms with Crippen LogP contribution in [0.1, 0.15) is 26.0 Å². The van der Waals surface area contributed by atoms with Crippen molar-refractivity contribution in [2.24, 2.45) is 0 Å². The van der Waals surface area contributed by atoms with Gasteiger partial charge in [-0.3, -0.25) is 4.68 Å². The van der Waals surface area contributed by atoms with Gasteiger partial charge in [0.15, 0.2) is 0 Å². The normalized spacial score (nSPS) is 12.2. The highest BCUT2D eigenvalue weighted by atomic mass is 16.3. The maximum absolute atomic E-state index is 9.47. The Morgan fingerprint density at radius 1 is 1.20 bits per heavy atom. The lowest BCUT2D eigenvalue weighted by atomic mass is 9.98. The van der Waals surface area contributed by atoms with Gasteiger partial charge < -0.3 is 15.5 Å². The summed E-state index contributed by atoms with van der Waals surface area (Å²) >= 11 is 0. The Kier molecular flexibility index (Phi) is 4.75. The van der Waals surface area contributed by atoms with E-state index >= 15 is 0 Å². The number of fused-ring (bicyclic) bond motifs is 1. The van der Waals surface area contributed by atoms with Crippen LogP contribution >= 0.6 is 0 Å². The van der Waals surface area contributed by atoms with Crippen LogP contribution in [0.3, 0.4) is 0 Å². The van der Waals surface area contributed by atoms with E-state index in [4.69, 9.17) is 0 Å². The second-order valence-corrected chi connectivity index (χ2v) is 5.08. The number of aliphatic hydroxyl groups excluding tert-OH is 2. The van der Waals surface area contributed by atoms with Gasteiger partial charge >= 0.3 is 0 Å². The van der Waals surface area contributed by atoms with E-state index in [2.05, 4.69) is 29.5 Å². The van der Waals surface area contributed by atoms with Crippen molar-refractivity contribution >= 4 is 10.9 Å². The van der Waals surface area contributed by atoms with Crippen molar-refractivity contribution < 1.29 is 10.2 Å². The first kappa shape index (κ1) is 15.0. The molecule has 0 amide bonds. The minimum atomic E-state index is -0.642. The quantitative estimate of drug-likeness (QED) is 0.713. The standard InChI is InChI=1S/C15H23N3O2/c1-3-15(10-19,11-20)16-9-13-12-7-5-6-8-14(12)18(4-2)17-13/h5-8,16,19-20H,3-4,9-11H2,1-2H3. The molecule has 0 aliphatic heterocycles.